The number of carbonyl (C=O) groups excluding carboxylic acids is 2. The molecule has 0 spiro atoms. The van der Waals surface area contributed by atoms with Crippen molar-refractivity contribution in [3.8, 4) is 0 Å². The van der Waals surface area contributed by atoms with Gasteiger partial charge >= 0.3 is 11.9 Å². The number of unbranched alkanes of at least 4 members (excludes halogenated alkanes) is 23. The fourth-order valence-corrected chi connectivity index (χ4v) is 8.04. The van der Waals surface area contributed by atoms with Crippen LogP contribution in [0.4, 0.5) is 0 Å². The second kappa shape index (κ2) is 37.2. The summed E-state index contributed by atoms with van der Waals surface area (Å²) >= 11 is 0. The van der Waals surface area contributed by atoms with Gasteiger partial charge in [0.2, 0.25) is 0 Å². The van der Waals surface area contributed by atoms with E-state index in [1.807, 2.05) is 0 Å². The van der Waals surface area contributed by atoms with Gasteiger partial charge in [-0.05, 0) is 38.5 Å². The molecule has 2 aliphatic rings. The lowest BCUT2D eigenvalue weighted by molar-refractivity contribution is -0.332. The molecule has 11 atom stereocenters. The molecule has 2 heterocycles. The Morgan fingerprint density at radius 3 is 1.39 bits per heavy atom. The Balaban J connectivity index is 1.82. The third-order valence-electron chi connectivity index (χ3n) is 12.2. The highest BCUT2D eigenvalue weighted by Gasteiger charge is 2.47. The van der Waals surface area contributed by atoms with E-state index in [2.05, 4.69) is 26.0 Å². The lowest BCUT2D eigenvalue weighted by Crippen LogP contribution is -2.61. The minimum atomic E-state index is -1.76. The highest BCUT2D eigenvalue weighted by atomic mass is 16.7. The second-order valence-electron chi connectivity index (χ2n) is 18.0. The molecule has 0 bridgehead atoms. The Hall–Kier alpha value is -1.76. The van der Waals surface area contributed by atoms with E-state index in [1.54, 1.807) is 0 Å². The normalized spacial score (nSPS) is 26.6. The van der Waals surface area contributed by atoms with E-state index in [0.29, 0.717) is 12.8 Å². The van der Waals surface area contributed by atoms with E-state index in [-0.39, 0.29) is 26.1 Å². The summed E-state index contributed by atoms with van der Waals surface area (Å²) in [4.78, 5) is 25.7. The number of carbonyl (C=O) groups is 2. The number of hydrogen-bond acceptors (Lipinski definition) is 15. The lowest BCUT2D eigenvalue weighted by Gasteiger charge is -2.42. The molecular formula is C49H90O15. The zero-order valence-corrected chi connectivity index (χ0v) is 39.5. The van der Waals surface area contributed by atoms with Crippen LogP contribution in [0.3, 0.4) is 0 Å². The summed E-state index contributed by atoms with van der Waals surface area (Å²) < 4.78 is 33.5. The largest absolute Gasteiger partial charge is 0.462 e. The van der Waals surface area contributed by atoms with Crippen molar-refractivity contribution in [2.75, 3.05) is 26.4 Å². The average molecular weight is 919 g/mol. The SMILES string of the molecule is CCCCCCCC/C=C/CCCCCC(=O)OC[C@H](CO[C@@H]1O[C@H](CO[C@@H]2O[C@H](CO)[C@H](O)C(O)C2O)[C@H](O)C(O)C1O)OC(=O)CCCCCCCCCCCCCCCCC. The van der Waals surface area contributed by atoms with Crippen molar-refractivity contribution in [1.82, 2.24) is 0 Å². The van der Waals surface area contributed by atoms with E-state index < -0.39 is 92.7 Å². The average Bonchev–Trinajstić information content (AvgIpc) is 3.29. The number of allylic oxidation sites excluding steroid dienone is 2. The number of aliphatic hydroxyl groups is 7. The summed E-state index contributed by atoms with van der Waals surface area (Å²) in [5.41, 5.74) is 0. The van der Waals surface area contributed by atoms with Gasteiger partial charge in [0, 0.05) is 12.8 Å². The van der Waals surface area contributed by atoms with Crippen LogP contribution in [0.2, 0.25) is 0 Å². The van der Waals surface area contributed by atoms with Crippen molar-refractivity contribution in [3.05, 3.63) is 12.2 Å². The van der Waals surface area contributed by atoms with E-state index >= 15 is 0 Å². The number of rotatable bonds is 39. The van der Waals surface area contributed by atoms with Gasteiger partial charge in [-0.15, -0.1) is 0 Å². The Morgan fingerprint density at radius 2 is 0.891 bits per heavy atom. The van der Waals surface area contributed by atoms with Crippen LogP contribution in [0.5, 0.6) is 0 Å². The van der Waals surface area contributed by atoms with Crippen LogP contribution in [-0.4, -0.2) is 142 Å². The first kappa shape index (κ1) is 58.4. The fraction of sp³-hybridized carbons (Fsp3) is 0.918. The molecule has 0 radical (unpaired) electrons. The molecule has 2 fully saturated rings. The Kier molecular flexibility index (Phi) is 34.0. The number of ether oxygens (including phenoxy) is 6. The molecular weight excluding hydrogens is 829 g/mol. The van der Waals surface area contributed by atoms with Gasteiger partial charge in [-0.25, -0.2) is 0 Å². The topological polar surface area (TPSA) is 231 Å². The lowest BCUT2D eigenvalue weighted by atomic mass is 9.98. The molecule has 15 nitrogen and oxygen atoms in total. The molecule has 0 saturated carbocycles. The van der Waals surface area contributed by atoms with Crippen molar-refractivity contribution in [3.63, 3.8) is 0 Å². The fourth-order valence-electron chi connectivity index (χ4n) is 8.04. The maximum absolute atomic E-state index is 13.0. The molecule has 0 aromatic carbocycles. The predicted molar refractivity (Wildman–Crippen MR) is 243 cm³/mol. The molecule has 0 aromatic rings. The molecule has 2 rings (SSSR count). The molecule has 4 unspecified atom stereocenters. The first-order valence-electron chi connectivity index (χ1n) is 25.3. The minimum absolute atomic E-state index is 0.168. The Bertz CT molecular complexity index is 1170. The molecule has 7 N–H and O–H groups in total. The molecule has 0 amide bonds. The second-order valence-corrected chi connectivity index (χ2v) is 18.0. The van der Waals surface area contributed by atoms with E-state index in [1.165, 1.54) is 109 Å². The minimum Gasteiger partial charge on any atom is -0.462 e. The van der Waals surface area contributed by atoms with Gasteiger partial charge in [-0.3, -0.25) is 9.59 Å². The zero-order valence-electron chi connectivity index (χ0n) is 39.5. The molecule has 0 aromatic heterocycles. The molecule has 64 heavy (non-hydrogen) atoms. The third kappa shape index (κ3) is 25.4. The van der Waals surface area contributed by atoms with Crippen molar-refractivity contribution in [2.24, 2.45) is 0 Å². The van der Waals surface area contributed by atoms with Gasteiger partial charge in [0.25, 0.3) is 0 Å². The number of aliphatic hydroxyl groups excluding tert-OH is 7. The number of hydrogen-bond donors (Lipinski definition) is 7. The molecule has 376 valence electrons. The van der Waals surface area contributed by atoms with Gasteiger partial charge in [0.05, 0.1) is 19.8 Å². The van der Waals surface area contributed by atoms with Gasteiger partial charge in [-0.2, -0.15) is 0 Å². The summed E-state index contributed by atoms with van der Waals surface area (Å²) in [6, 6.07) is 0. The van der Waals surface area contributed by atoms with Crippen LogP contribution in [0.15, 0.2) is 12.2 Å². The smallest absolute Gasteiger partial charge is 0.306 e. The van der Waals surface area contributed by atoms with Gasteiger partial charge in [-0.1, -0.05) is 154 Å². The summed E-state index contributed by atoms with van der Waals surface area (Å²) in [7, 11) is 0. The molecule has 15 heteroatoms. The van der Waals surface area contributed by atoms with Gasteiger partial charge in [0.1, 0.15) is 55.4 Å². The first-order valence-corrected chi connectivity index (χ1v) is 25.3. The van der Waals surface area contributed by atoms with Crippen LogP contribution in [0.25, 0.3) is 0 Å². The van der Waals surface area contributed by atoms with Crippen LogP contribution < -0.4 is 0 Å². The van der Waals surface area contributed by atoms with E-state index in [9.17, 15) is 45.3 Å². The van der Waals surface area contributed by atoms with Crippen LogP contribution in [0, 0.1) is 0 Å². The van der Waals surface area contributed by atoms with Crippen molar-refractivity contribution < 1.29 is 73.8 Å². The number of esters is 2. The van der Waals surface area contributed by atoms with Crippen LogP contribution in [-0.2, 0) is 38.0 Å². The summed E-state index contributed by atoms with van der Waals surface area (Å²) in [5, 5.41) is 72.0. The third-order valence-corrected chi connectivity index (χ3v) is 12.2. The Morgan fingerprint density at radius 1 is 0.484 bits per heavy atom. The van der Waals surface area contributed by atoms with E-state index in [0.717, 1.165) is 44.9 Å². The van der Waals surface area contributed by atoms with Crippen molar-refractivity contribution >= 4 is 11.9 Å². The molecule has 2 aliphatic heterocycles. The maximum Gasteiger partial charge on any atom is 0.306 e. The van der Waals surface area contributed by atoms with Crippen LogP contribution >= 0.6 is 0 Å². The molecule has 0 aliphatic carbocycles. The highest BCUT2D eigenvalue weighted by Crippen LogP contribution is 2.26. The van der Waals surface area contributed by atoms with Crippen molar-refractivity contribution in [2.45, 2.75) is 261 Å². The predicted octanol–water partition coefficient (Wildman–Crippen LogP) is 6.60. The van der Waals surface area contributed by atoms with Crippen molar-refractivity contribution in [1.29, 1.82) is 0 Å². The van der Waals surface area contributed by atoms with E-state index in [4.69, 9.17) is 28.4 Å². The van der Waals surface area contributed by atoms with Gasteiger partial charge in [0.15, 0.2) is 18.7 Å². The Labute approximate surface area is 384 Å². The highest BCUT2D eigenvalue weighted by molar-refractivity contribution is 5.70. The zero-order chi connectivity index (χ0) is 46.8. The van der Waals surface area contributed by atoms with Crippen LogP contribution in [0.1, 0.15) is 194 Å². The standard InChI is InChI=1S/C49H90O15/c1-3-5-7-9-11-13-15-17-18-20-22-24-26-28-30-32-41(52)62-37(34-59-40(51)31-29-27-25-23-21-19-16-14-12-10-8-6-4-2)35-60-48-47(58)45(56)43(54)39(64-48)36-61-49-46(57)44(55)42(53)38(33-50)63-49/h19,21,37-39,42-50,53-58H,3-18,20,22-36H2,1-2H3/b21-19+/t37-,38-,39-,42+,43+,44?,45?,46?,47?,48-,49-/m1/s1. The summed E-state index contributed by atoms with van der Waals surface area (Å²) in [5.74, 6) is -0.935. The quantitative estimate of drug-likeness (QED) is 0.0196. The summed E-state index contributed by atoms with van der Waals surface area (Å²) in [6.07, 6.45) is 18.1. The monoisotopic (exact) mass is 919 g/mol. The molecule has 2 saturated heterocycles. The summed E-state index contributed by atoms with van der Waals surface area (Å²) in [6.45, 7) is 2.58. The van der Waals surface area contributed by atoms with Gasteiger partial charge < -0.3 is 64.2 Å². The first-order chi connectivity index (χ1) is 31.0. The maximum atomic E-state index is 13.0.